The van der Waals surface area contributed by atoms with E-state index in [0.717, 1.165) is 13.0 Å². The molecule has 1 heterocycles. The zero-order valence-electron chi connectivity index (χ0n) is 10.6. The smallest absolute Gasteiger partial charge is 0.323 e. The number of alkyl halides is 2. The second kappa shape index (κ2) is 5.92. The normalized spacial score (nSPS) is 27.6. The van der Waals surface area contributed by atoms with Crippen LogP contribution in [0.1, 0.15) is 34.1 Å². The highest BCUT2D eigenvalue weighted by molar-refractivity contribution is 4.88. The maximum atomic E-state index is 12.0. The molecule has 0 radical (unpaired) electrons. The van der Waals surface area contributed by atoms with Gasteiger partial charge in [-0.2, -0.15) is 8.78 Å². The van der Waals surface area contributed by atoms with Crippen molar-refractivity contribution < 1.29 is 13.5 Å². The monoisotopic (exact) mass is 235 g/mol. The van der Waals surface area contributed by atoms with Crippen molar-refractivity contribution >= 4 is 0 Å². The molecular weight excluding hydrogens is 212 g/mol. The van der Waals surface area contributed by atoms with Crippen LogP contribution in [0.3, 0.4) is 0 Å². The molecule has 0 aromatic heterocycles. The SMILES string of the molecule is CC(C)C1CC(COC(F)F)CN1C(C)C. The molecule has 1 saturated heterocycles. The fraction of sp³-hybridized carbons (Fsp3) is 1.00. The lowest BCUT2D eigenvalue weighted by atomic mass is 9.97. The van der Waals surface area contributed by atoms with E-state index in [-0.39, 0.29) is 12.5 Å². The molecule has 96 valence electrons. The summed E-state index contributed by atoms with van der Waals surface area (Å²) in [6.07, 6.45) is 0.975. The third-order valence-electron chi connectivity index (χ3n) is 3.36. The Balaban J connectivity index is 2.48. The number of likely N-dealkylation sites (tertiary alicyclic amines) is 1. The van der Waals surface area contributed by atoms with E-state index >= 15 is 0 Å². The highest BCUT2D eigenvalue weighted by atomic mass is 19.3. The van der Waals surface area contributed by atoms with Crippen molar-refractivity contribution in [3.05, 3.63) is 0 Å². The first-order chi connectivity index (χ1) is 7.41. The van der Waals surface area contributed by atoms with Crippen LogP contribution in [0.15, 0.2) is 0 Å². The van der Waals surface area contributed by atoms with E-state index in [0.29, 0.717) is 18.0 Å². The molecule has 0 bridgehead atoms. The van der Waals surface area contributed by atoms with Gasteiger partial charge in [0.05, 0.1) is 6.61 Å². The van der Waals surface area contributed by atoms with Gasteiger partial charge in [0.1, 0.15) is 0 Å². The van der Waals surface area contributed by atoms with E-state index in [2.05, 4.69) is 37.3 Å². The van der Waals surface area contributed by atoms with Crippen LogP contribution in [0, 0.1) is 11.8 Å². The Morgan fingerprint density at radius 3 is 2.25 bits per heavy atom. The summed E-state index contributed by atoms with van der Waals surface area (Å²) in [5, 5.41) is 0. The molecule has 4 heteroatoms. The summed E-state index contributed by atoms with van der Waals surface area (Å²) >= 11 is 0. The average molecular weight is 235 g/mol. The Kier molecular flexibility index (Phi) is 5.12. The van der Waals surface area contributed by atoms with Crippen LogP contribution in [-0.2, 0) is 4.74 Å². The van der Waals surface area contributed by atoms with Gasteiger partial charge < -0.3 is 4.74 Å². The van der Waals surface area contributed by atoms with E-state index < -0.39 is 6.61 Å². The third-order valence-corrected chi connectivity index (χ3v) is 3.36. The average Bonchev–Trinajstić information content (AvgIpc) is 2.58. The zero-order valence-corrected chi connectivity index (χ0v) is 10.6. The van der Waals surface area contributed by atoms with E-state index in [1.54, 1.807) is 0 Å². The third kappa shape index (κ3) is 3.67. The molecule has 0 N–H and O–H groups in total. The van der Waals surface area contributed by atoms with E-state index in [1.165, 1.54) is 0 Å². The van der Waals surface area contributed by atoms with Crippen LogP contribution < -0.4 is 0 Å². The van der Waals surface area contributed by atoms with Crippen molar-refractivity contribution in [3.8, 4) is 0 Å². The zero-order chi connectivity index (χ0) is 12.3. The molecule has 0 amide bonds. The van der Waals surface area contributed by atoms with Crippen molar-refractivity contribution in [1.29, 1.82) is 0 Å². The lowest BCUT2D eigenvalue weighted by Gasteiger charge is -2.30. The Morgan fingerprint density at radius 1 is 1.25 bits per heavy atom. The maximum absolute atomic E-state index is 12.0. The van der Waals surface area contributed by atoms with Gasteiger partial charge in [-0.1, -0.05) is 13.8 Å². The molecule has 0 aromatic rings. The molecule has 0 saturated carbocycles. The Labute approximate surface area is 97.0 Å². The Morgan fingerprint density at radius 2 is 1.88 bits per heavy atom. The van der Waals surface area contributed by atoms with Crippen molar-refractivity contribution in [2.24, 2.45) is 11.8 Å². The Bertz CT molecular complexity index is 193. The summed E-state index contributed by atoms with van der Waals surface area (Å²) < 4.78 is 28.3. The standard InChI is InChI=1S/C12H23F2NO/c1-8(2)11-5-10(7-16-12(13)14)6-15(11)9(3)4/h8-12H,5-7H2,1-4H3. The first-order valence-corrected chi connectivity index (χ1v) is 6.07. The molecule has 0 aromatic carbocycles. The summed E-state index contributed by atoms with van der Waals surface area (Å²) in [5.74, 6) is 0.822. The van der Waals surface area contributed by atoms with E-state index in [9.17, 15) is 8.78 Å². The van der Waals surface area contributed by atoms with Crippen molar-refractivity contribution in [1.82, 2.24) is 4.90 Å². The minimum atomic E-state index is -2.63. The lowest BCUT2D eigenvalue weighted by Crippen LogP contribution is -2.38. The summed E-state index contributed by atoms with van der Waals surface area (Å²) in [4.78, 5) is 2.41. The molecule has 0 spiro atoms. The number of hydrogen-bond donors (Lipinski definition) is 0. The molecule has 2 atom stereocenters. The van der Waals surface area contributed by atoms with Crippen LogP contribution in [0.25, 0.3) is 0 Å². The fourth-order valence-corrected chi connectivity index (χ4v) is 2.56. The number of halogens is 2. The van der Waals surface area contributed by atoms with Gasteiger partial charge in [0, 0.05) is 18.6 Å². The summed E-state index contributed by atoms with van der Waals surface area (Å²) in [7, 11) is 0. The minimum Gasteiger partial charge on any atom is -0.323 e. The second-order valence-corrected chi connectivity index (χ2v) is 5.30. The Hall–Kier alpha value is -0.220. The number of nitrogens with zero attached hydrogens (tertiary/aromatic N) is 1. The molecule has 1 aliphatic rings. The van der Waals surface area contributed by atoms with Crippen molar-refractivity contribution in [2.45, 2.75) is 52.8 Å². The highest BCUT2D eigenvalue weighted by Gasteiger charge is 2.35. The molecule has 1 aliphatic heterocycles. The van der Waals surface area contributed by atoms with Gasteiger partial charge in [0.15, 0.2) is 0 Å². The van der Waals surface area contributed by atoms with Gasteiger partial charge in [-0.3, -0.25) is 4.90 Å². The number of hydrogen-bond acceptors (Lipinski definition) is 2. The molecule has 16 heavy (non-hydrogen) atoms. The largest absolute Gasteiger partial charge is 0.345 e. The van der Waals surface area contributed by atoms with E-state index in [1.807, 2.05) is 0 Å². The van der Waals surface area contributed by atoms with Gasteiger partial charge in [-0.15, -0.1) is 0 Å². The summed E-state index contributed by atoms with van der Waals surface area (Å²) in [6.45, 7) is 7.13. The van der Waals surface area contributed by atoms with Gasteiger partial charge in [0.2, 0.25) is 0 Å². The van der Waals surface area contributed by atoms with E-state index in [4.69, 9.17) is 0 Å². The molecule has 1 rings (SSSR count). The van der Waals surface area contributed by atoms with Gasteiger partial charge in [0.25, 0.3) is 0 Å². The predicted octanol–water partition coefficient (Wildman–Crippen LogP) is 2.98. The molecule has 2 nitrogen and oxygen atoms in total. The number of rotatable bonds is 5. The van der Waals surface area contributed by atoms with Crippen LogP contribution in [0.4, 0.5) is 8.78 Å². The molecular formula is C12H23F2NO. The van der Waals surface area contributed by atoms with Crippen LogP contribution in [-0.4, -0.2) is 36.7 Å². The lowest BCUT2D eigenvalue weighted by molar-refractivity contribution is -0.137. The van der Waals surface area contributed by atoms with Crippen LogP contribution in [0.2, 0.25) is 0 Å². The molecule has 2 unspecified atom stereocenters. The summed E-state index contributed by atoms with van der Waals surface area (Å²) in [5.41, 5.74) is 0. The van der Waals surface area contributed by atoms with Gasteiger partial charge in [-0.25, -0.2) is 0 Å². The topological polar surface area (TPSA) is 12.5 Å². The van der Waals surface area contributed by atoms with Crippen LogP contribution >= 0.6 is 0 Å². The predicted molar refractivity (Wildman–Crippen MR) is 60.5 cm³/mol. The molecule has 0 aliphatic carbocycles. The molecule has 1 fully saturated rings. The van der Waals surface area contributed by atoms with Crippen molar-refractivity contribution in [2.75, 3.05) is 13.2 Å². The van der Waals surface area contributed by atoms with Crippen LogP contribution in [0.5, 0.6) is 0 Å². The quantitative estimate of drug-likeness (QED) is 0.726. The number of ether oxygens (including phenoxy) is 1. The van der Waals surface area contributed by atoms with Gasteiger partial charge in [-0.05, 0) is 32.1 Å². The fourth-order valence-electron chi connectivity index (χ4n) is 2.56. The van der Waals surface area contributed by atoms with Crippen molar-refractivity contribution in [3.63, 3.8) is 0 Å². The van der Waals surface area contributed by atoms with Gasteiger partial charge >= 0.3 is 6.61 Å². The maximum Gasteiger partial charge on any atom is 0.345 e. The minimum absolute atomic E-state index is 0.185. The summed E-state index contributed by atoms with van der Waals surface area (Å²) in [6, 6.07) is 0.982. The first kappa shape index (κ1) is 13.8. The highest BCUT2D eigenvalue weighted by Crippen LogP contribution is 2.30. The second-order valence-electron chi connectivity index (χ2n) is 5.30. The first-order valence-electron chi connectivity index (χ1n) is 6.07.